The van der Waals surface area contributed by atoms with E-state index in [4.69, 9.17) is 9.47 Å². The lowest BCUT2D eigenvalue weighted by Gasteiger charge is -2.19. The molecule has 1 rings (SSSR count). The lowest BCUT2D eigenvalue weighted by molar-refractivity contribution is -0.122. The summed E-state index contributed by atoms with van der Waals surface area (Å²) in [5, 5.41) is 11.4. The second-order valence-corrected chi connectivity index (χ2v) is 11.9. The van der Waals surface area contributed by atoms with Gasteiger partial charge >= 0.3 is 12.2 Å². The predicted octanol–water partition coefficient (Wildman–Crippen LogP) is 6.13. The van der Waals surface area contributed by atoms with Crippen molar-refractivity contribution in [1.29, 1.82) is 0 Å². The largest absolute Gasteiger partial charge is 0.445 e. The number of rotatable bonds is 23. The van der Waals surface area contributed by atoms with Gasteiger partial charge in [-0.15, -0.1) is 0 Å². The number of amides is 4. The molecule has 4 N–H and O–H groups in total. The Kier molecular flexibility index (Phi) is 21.2. The maximum Gasteiger partial charge on any atom is 0.407 e. The minimum Gasteiger partial charge on any atom is -0.445 e. The summed E-state index contributed by atoms with van der Waals surface area (Å²) in [5.41, 5.74) is 0.460. The van der Waals surface area contributed by atoms with Crippen molar-refractivity contribution in [2.75, 3.05) is 26.2 Å². The van der Waals surface area contributed by atoms with Crippen LogP contribution in [0.3, 0.4) is 0 Å². The SMILES string of the molecule is CC(C)(C)OC(=O)NCCCCCC(=O)NCCCCCCCCNC(=O)CCCCCNC(=O)OCc1ccccc1. The summed E-state index contributed by atoms with van der Waals surface area (Å²) >= 11 is 0. The number of nitrogens with one attached hydrogen (secondary N) is 4. The third kappa shape index (κ3) is 25.0. The van der Waals surface area contributed by atoms with Gasteiger partial charge in [0, 0.05) is 39.0 Å². The van der Waals surface area contributed by atoms with E-state index in [0.717, 1.165) is 82.6 Å². The summed E-state index contributed by atoms with van der Waals surface area (Å²) in [6.07, 6.45) is 11.6. The Balaban J connectivity index is 1.80. The van der Waals surface area contributed by atoms with E-state index in [1.165, 1.54) is 0 Å². The van der Waals surface area contributed by atoms with Crippen LogP contribution in [0.25, 0.3) is 0 Å². The van der Waals surface area contributed by atoms with Crippen LogP contribution in [-0.4, -0.2) is 55.8 Å². The van der Waals surface area contributed by atoms with E-state index >= 15 is 0 Å². The van der Waals surface area contributed by atoms with Gasteiger partial charge in [-0.1, -0.05) is 68.9 Å². The van der Waals surface area contributed by atoms with Crippen molar-refractivity contribution < 1.29 is 28.7 Å². The number of unbranched alkanes of at least 4 members (excludes halogenated alkanes) is 9. The van der Waals surface area contributed by atoms with Crippen LogP contribution >= 0.6 is 0 Å². The average Bonchev–Trinajstić information content (AvgIpc) is 2.96. The summed E-state index contributed by atoms with van der Waals surface area (Å²) in [4.78, 5) is 47.2. The topological polar surface area (TPSA) is 135 Å². The predicted molar refractivity (Wildman–Crippen MR) is 170 cm³/mol. The molecule has 0 aliphatic rings. The number of carbonyl (C=O) groups is 4. The first-order valence-corrected chi connectivity index (χ1v) is 16.1. The van der Waals surface area contributed by atoms with Crippen LogP contribution in [0, 0.1) is 0 Å². The van der Waals surface area contributed by atoms with Crippen LogP contribution in [0.1, 0.15) is 116 Å². The average molecular weight is 605 g/mol. The Morgan fingerprint density at radius 3 is 1.47 bits per heavy atom. The third-order valence-corrected chi connectivity index (χ3v) is 6.56. The van der Waals surface area contributed by atoms with Crippen LogP contribution in [0.15, 0.2) is 30.3 Å². The molecule has 4 amide bonds. The first-order valence-electron chi connectivity index (χ1n) is 16.1. The molecule has 244 valence electrons. The van der Waals surface area contributed by atoms with E-state index in [2.05, 4.69) is 21.3 Å². The fraction of sp³-hybridized carbons (Fsp3) is 0.697. The Bertz CT molecular complexity index is 904. The maximum absolute atomic E-state index is 12.0. The normalized spacial score (nSPS) is 11.0. The third-order valence-electron chi connectivity index (χ3n) is 6.56. The molecule has 0 spiro atoms. The highest BCUT2D eigenvalue weighted by Gasteiger charge is 2.15. The molecule has 0 aromatic heterocycles. The van der Waals surface area contributed by atoms with Crippen LogP contribution in [0.5, 0.6) is 0 Å². The minimum absolute atomic E-state index is 0.0865. The van der Waals surface area contributed by atoms with Gasteiger partial charge < -0.3 is 30.7 Å². The molecule has 0 saturated heterocycles. The zero-order chi connectivity index (χ0) is 31.6. The molecule has 1 aromatic carbocycles. The molecular weight excluding hydrogens is 548 g/mol. The molecule has 0 atom stereocenters. The van der Waals surface area contributed by atoms with Gasteiger partial charge in [-0.25, -0.2) is 9.59 Å². The van der Waals surface area contributed by atoms with Crippen LogP contribution in [-0.2, 0) is 25.7 Å². The van der Waals surface area contributed by atoms with Crippen LogP contribution in [0.2, 0.25) is 0 Å². The lowest BCUT2D eigenvalue weighted by Crippen LogP contribution is -2.33. The van der Waals surface area contributed by atoms with E-state index in [-0.39, 0.29) is 18.4 Å². The van der Waals surface area contributed by atoms with Gasteiger partial charge in [0.2, 0.25) is 11.8 Å². The molecule has 0 bridgehead atoms. The minimum atomic E-state index is -0.493. The summed E-state index contributed by atoms with van der Waals surface area (Å²) in [5.74, 6) is 0.176. The van der Waals surface area contributed by atoms with E-state index in [9.17, 15) is 19.2 Å². The van der Waals surface area contributed by atoms with E-state index in [1.807, 2.05) is 51.1 Å². The summed E-state index contributed by atoms with van der Waals surface area (Å²) < 4.78 is 10.4. The van der Waals surface area contributed by atoms with E-state index in [0.29, 0.717) is 39.0 Å². The molecule has 10 heteroatoms. The molecular formula is C33H56N4O6. The maximum atomic E-state index is 12.0. The van der Waals surface area contributed by atoms with Crippen molar-refractivity contribution >= 4 is 24.0 Å². The Morgan fingerprint density at radius 1 is 0.558 bits per heavy atom. The molecule has 0 heterocycles. The summed E-state index contributed by atoms with van der Waals surface area (Å²) in [7, 11) is 0. The number of carbonyl (C=O) groups excluding carboxylic acids is 4. The number of alkyl carbamates (subject to hydrolysis) is 2. The molecule has 0 saturated carbocycles. The molecule has 0 aliphatic heterocycles. The van der Waals surface area contributed by atoms with Crippen LogP contribution in [0.4, 0.5) is 9.59 Å². The Hall–Kier alpha value is -3.30. The van der Waals surface area contributed by atoms with Crippen molar-refractivity contribution in [1.82, 2.24) is 21.3 Å². The molecule has 43 heavy (non-hydrogen) atoms. The van der Waals surface area contributed by atoms with E-state index in [1.54, 1.807) is 0 Å². The van der Waals surface area contributed by atoms with Gasteiger partial charge in [-0.05, 0) is 64.9 Å². The lowest BCUT2D eigenvalue weighted by atomic mass is 10.1. The summed E-state index contributed by atoms with van der Waals surface area (Å²) in [6, 6.07) is 9.56. The van der Waals surface area contributed by atoms with Gasteiger partial charge in [0.05, 0.1) is 0 Å². The quantitative estimate of drug-likeness (QED) is 0.111. The molecule has 1 aromatic rings. The highest BCUT2D eigenvalue weighted by Crippen LogP contribution is 2.08. The molecule has 0 unspecified atom stereocenters. The number of hydrogen-bond donors (Lipinski definition) is 4. The molecule has 0 aliphatic carbocycles. The molecule has 0 fully saturated rings. The van der Waals surface area contributed by atoms with Gasteiger partial charge in [0.25, 0.3) is 0 Å². The fourth-order valence-corrected chi connectivity index (χ4v) is 4.23. The smallest absolute Gasteiger partial charge is 0.407 e. The van der Waals surface area contributed by atoms with Crippen molar-refractivity contribution in [3.63, 3.8) is 0 Å². The fourth-order valence-electron chi connectivity index (χ4n) is 4.23. The highest BCUT2D eigenvalue weighted by atomic mass is 16.6. The monoisotopic (exact) mass is 604 g/mol. The first-order chi connectivity index (χ1) is 20.7. The van der Waals surface area contributed by atoms with Gasteiger partial charge in [0.15, 0.2) is 0 Å². The zero-order valence-electron chi connectivity index (χ0n) is 26.8. The second kappa shape index (κ2) is 24.2. The van der Waals surface area contributed by atoms with Gasteiger partial charge in [-0.2, -0.15) is 0 Å². The second-order valence-electron chi connectivity index (χ2n) is 11.9. The number of benzene rings is 1. The van der Waals surface area contributed by atoms with E-state index < -0.39 is 17.8 Å². The van der Waals surface area contributed by atoms with Crippen molar-refractivity contribution in [3.05, 3.63) is 35.9 Å². The Labute approximate surface area is 258 Å². The zero-order valence-corrected chi connectivity index (χ0v) is 26.8. The van der Waals surface area contributed by atoms with Crippen LogP contribution < -0.4 is 21.3 Å². The number of ether oxygens (including phenoxy) is 2. The first kappa shape index (κ1) is 37.7. The van der Waals surface area contributed by atoms with Crippen molar-refractivity contribution in [2.45, 2.75) is 123 Å². The standard InChI is InChI=1S/C33H56N4O6/c1-33(2,3)43-32(41)37-26-18-10-14-22-30(39)35-24-16-7-5-4-6-15-23-34-29(38)21-13-9-17-25-36-31(40)42-27-28-19-11-8-12-20-28/h8,11-12,19-20H,4-7,9-10,13-18,21-27H2,1-3H3,(H,34,38)(H,35,39)(H,36,40)(H,37,41). The molecule has 0 radical (unpaired) electrons. The Morgan fingerprint density at radius 2 is 0.977 bits per heavy atom. The summed E-state index contributed by atoms with van der Waals surface area (Å²) in [6.45, 7) is 8.27. The number of hydrogen-bond acceptors (Lipinski definition) is 6. The van der Waals surface area contributed by atoms with Crippen molar-refractivity contribution in [2.24, 2.45) is 0 Å². The van der Waals surface area contributed by atoms with Gasteiger partial charge in [-0.3, -0.25) is 9.59 Å². The van der Waals surface area contributed by atoms with Gasteiger partial charge in [0.1, 0.15) is 12.2 Å². The molecule has 10 nitrogen and oxygen atoms in total. The van der Waals surface area contributed by atoms with Crippen molar-refractivity contribution in [3.8, 4) is 0 Å². The highest BCUT2D eigenvalue weighted by molar-refractivity contribution is 5.76.